The van der Waals surface area contributed by atoms with Gasteiger partial charge in [-0.15, -0.1) is 0 Å². The number of nitrogens with one attached hydrogen (secondary N) is 1. The van der Waals surface area contributed by atoms with Gasteiger partial charge in [-0.2, -0.15) is 0 Å². The second-order valence-electron chi connectivity index (χ2n) is 6.60. The maximum Gasteiger partial charge on any atom is 0.236 e. The number of rotatable bonds is 2. The molecule has 3 rings (SSSR count). The Morgan fingerprint density at radius 3 is 2.75 bits per heavy atom. The van der Waals surface area contributed by atoms with Crippen LogP contribution in [0.15, 0.2) is 0 Å². The summed E-state index contributed by atoms with van der Waals surface area (Å²) in [6.07, 6.45) is 3.75. The first kappa shape index (κ1) is 14.3. The topological polar surface area (TPSA) is 38.8 Å². The highest BCUT2D eigenvalue weighted by Crippen LogP contribution is 2.29. The fraction of sp³-hybridized carbons (Fsp3) is 0.933. The normalized spacial score (nSPS) is 33.0. The van der Waals surface area contributed by atoms with Crippen LogP contribution in [0.2, 0.25) is 0 Å². The lowest BCUT2D eigenvalue weighted by Gasteiger charge is -2.46. The van der Waals surface area contributed by atoms with Gasteiger partial charge in [-0.1, -0.05) is 0 Å². The van der Waals surface area contributed by atoms with Crippen molar-refractivity contribution in [3.05, 3.63) is 0 Å². The van der Waals surface area contributed by atoms with E-state index in [0.29, 0.717) is 24.4 Å². The average molecular weight is 280 g/mol. The number of fused-ring (bicyclic) bond motifs is 1. The molecule has 3 heterocycles. The summed E-state index contributed by atoms with van der Waals surface area (Å²) in [4.78, 5) is 19.4. The average Bonchev–Trinajstić information content (AvgIpc) is 2.48. The van der Waals surface area contributed by atoms with E-state index in [4.69, 9.17) is 0 Å². The minimum atomic E-state index is 0.346. The van der Waals surface area contributed by atoms with Crippen molar-refractivity contribution in [2.75, 3.05) is 59.4 Å². The van der Waals surface area contributed by atoms with Gasteiger partial charge in [-0.3, -0.25) is 9.69 Å². The Bertz CT molecular complexity index is 343. The van der Waals surface area contributed by atoms with Crippen LogP contribution in [0.5, 0.6) is 0 Å². The minimum absolute atomic E-state index is 0.346. The number of carbonyl (C=O) groups excluding carboxylic acids is 1. The molecule has 3 aliphatic heterocycles. The van der Waals surface area contributed by atoms with Crippen molar-refractivity contribution in [1.29, 1.82) is 0 Å². The summed E-state index contributed by atoms with van der Waals surface area (Å²) in [6.45, 7) is 7.84. The Kier molecular flexibility index (Phi) is 4.58. The molecule has 3 fully saturated rings. The van der Waals surface area contributed by atoms with E-state index < -0.39 is 0 Å². The quantitative estimate of drug-likeness (QED) is 0.762. The maximum atomic E-state index is 12.5. The third-order valence-corrected chi connectivity index (χ3v) is 5.27. The number of hydrogen-bond donors (Lipinski definition) is 1. The van der Waals surface area contributed by atoms with Gasteiger partial charge in [0.15, 0.2) is 0 Å². The van der Waals surface area contributed by atoms with Crippen molar-refractivity contribution < 1.29 is 4.79 Å². The van der Waals surface area contributed by atoms with E-state index in [1.807, 2.05) is 0 Å². The molecule has 0 aromatic heterocycles. The number of likely N-dealkylation sites (tertiary alicyclic amines) is 2. The van der Waals surface area contributed by atoms with E-state index in [9.17, 15) is 4.79 Å². The van der Waals surface area contributed by atoms with E-state index in [0.717, 1.165) is 45.7 Å². The fourth-order valence-corrected chi connectivity index (χ4v) is 4.04. The molecule has 0 aromatic rings. The Balaban J connectivity index is 1.51. The molecule has 0 radical (unpaired) electrons. The lowest BCUT2D eigenvalue weighted by atomic mass is 9.84. The summed E-state index contributed by atoms with van der Waals surface area (Å²) >= 11 is 0. The van der Waals surface area contributed by atoms with Crippen LogP contribution in [0, 0.1) is 5.92 Å². The molecule has 2 unspecified atom stereocenters. The molecule has 1 N–H and O–H groups in total. The molecule has 0 spiro atoms. The van der Waals surface area contributed by atoms with Crippen molar-refractivity contribution in [2.24, 2.45) is 5.92 Å². The predicted molar refractivity (Wildman–Crippen MR) is 79.6 cm³/mol. The molecule has 5 nitrogen and oxygen atoms in total. The fourth-order valence-electron chi connectivity index (χ4n) is 4.04. The van der Waals surface area contributed by atoms with Crippen LogP contribution in [-0.2, 0) is 4.79 Å². The van der Waals surface area contributed by atoms with Crippen molar-refractivity contribution in [2.45, 2.75) is 25.3 Å². The van der Waals surface area contributed by atoms with Crippen molar-refractivity contribution >= 4 is 5.91 Å². The number of amides is 1. The SMILES string of the molecule is CN1CCCC2CN(C(=O)CN3CCNCC3)CCC21. The van der Waals surface area contributed by atoms with Crippen LogP contribution >= 0.6 is 0 Å². The first-order chi connectivity index (χ1) is 9.74. The van der Waals surface area contributed by atoms with Crippen LogP contribution in [-0.4, -0.2) is 86.1 Å². The second-order valence-corrected chi connectivity index (χ2v) is 6.60. The van der Waals surface area contributed by atoms with Gasteiger partial charge in [-0.25, -0.2) is 0 Å². The number of piperidine rings is 2. The molecule has 0 bridgehead atoms. The van der Waals surface area contributed by atoms with Crippen LogP contribution < -0.4 is 5.32 Å². The van der Waals surface area contributed by atoms with Gasteiger partial charge in [0.05, 0.1) is 6.54 Å². The van der Waals surface area contributed by atoms with E-state index in [1.165, 1.54) is 19.4 Å². The van der Waals surface area contributed by atoms with Gasteiger partial charge < -0.3 is 15.1 Å². The summed E-state index contributed by atoms with van der Waals surface area (Å²) in [5, 5.41) is 3.34. The molecular weight excluding hydrogens is 252 g/mol. The molecule has 3 saturated heterocycles. The van der Waals surface area contributed by atoms with Gasteiger partial charge >= 0.3 is 0 Å². The predicted octanol–water partition coefficient (Wildman–Crippen LogP) is -0.166. The molecule has 0 saturated carbocycles. The van der Waals surface area contributed by atoms with E-state index in [1.54, 1.807) is 0 Å². The van der Waals surface area contributed by atoms with Gasteiger partial charge in [0.2, 0.25) is 5.91 Å². The Morgan fingerprint density at radius 1 is 1.15 bits per heavy atom. The first-order valence-electron chi connectivity index (χ1n) is 8.15. The molecule has 1 amide bonds. The summed E-state index contributed by atoms with van der Waals surface area (Å²) < 4.78 is 0. The molecule has 3 aliphatic rings. The summed E-state index contributed by atoms with van der Waals surface area (Å²) in [7, 11) is 2.25. The molecule has 2 atom stereocenters. The largest absolute Gasteiger partial charge is 0.341 e. The minimum Gasteiger partial charge on any atom is -0.341 e. The van der Waals surface area contributed by atoms with Crippen LogP contribution in [0.4, 0.5) is 0 Å². The lowest BCUT2D eigenvalue weighted by molar-refractivity contribution is -0.136. The van der Waals surface area contributed by atoms with E-state index >= 15 is 0 Å². The maximum absolute atomic E-state index is 12.5. The molecule has 20 heavy (non-hydrogen) atoms. The molecule has 5 heteroatoms. The zero-order valence-corrected chi connectivity index (χ0v) is 12.7. The molecular formula is C15H28N4O. The van der Waals surface area contributed by atoms with Gasteiger partial charge in [0.25, 0.3) is 0 Å². The number of carbonyl (C=O) groups is 1. The highest BCUT2D eigenvalue weighted by Gasteiger charge is 2.35. The smallest absolute Gasteiger partial charge is 0.236 e. The Morgan fingerprint density at radius 2 is 1.95 bits per heavy atom. The highest BCUT2D eigenvalue weighted by atomic mass is 16.2. The van der Waals surface area contributed by atoms with Gasteiger partial charge in [0, 0.05) is 45.3 Å². The molecule has 0 aromatic carbocycles. The van der Waals surface area contributed by atoms with Crippen molar-refractivity contribution in [1.82, 2.24) is 20.0 Å². The second kappa shape index (κ2) is 6.41. The van der Waals surface area contributed by atoms with E-state index in [-0.39, 0.29) is 0 Å². The third kappa shape index (κ3) is 3.15. The standard InChI is InChI=1S/C15H28N4O/c1-17-7-2-3-13-11-19(8-4-14(13)17)15(20)12-18-9-5-16-6-10-18/h13-14,16H,2-12H2,1H3. The van der Waals surface area contributed by atoms with Gasteiger partial charge in [-0.05, 0) is 38.8 Å². The molecule has 114 valence electrons. The summed E-state index contributed by atoms with van der Waals surface area (Å²) in [5.74, 6) is 1.05. The number of piperazine rings is 1. The molecule has 0 aliphatic carbocycles. The Labute approximate surface area is 122 Å². The van der Waals surface area contributed by atoms with Crippen LogP contribution in [0.25, 0.3) is 0 Å². The van der Waals surface area contributed by atoms with Crippen LogP contribution in [0.3, 0.4) is 0 Å². The zero-order valence-electron chi connectivity index (χ0n) is 12.7. The van der Waals surface area contributed by atoms with Gasteiger partial charge in [0.1, 0.15) is 0 Å². The first-order valence-corrected chi connectivity index (χ1v) is 8.15. The monoisotopic (exact) mass is 280 g/mol. The number of nitrogens with zero attached hydrogens (tertiary/aromatic N) is 3. The summed E-state index contributed by atoms with van der Waals surface area (Å²) in [5.41, 5.74) is 0. The van der Waals surface area contributed by atoms with Crippen LogP contribution in [0.1, 0.15) is 19.3 Å². The summed E-state index contributed by atoms with van der Waals surface area (Å²) in [6, 6.07) is 0.715. The Hall–Kier alpha value is -0.650. The van der Waals surface area contributed by atoms with Crippen molar-refractivity contribution in [3.8, 4) is 0 Å². The zero-order chi connectivity index (χ0) is 13.9. The van der Waals surface area contributed by atoms with Crippen molar-refractivity contribution in [3.63, 3.8) is 0 Å². The highest BCUT2D eigenvalue weighted by molar-refractivity contribution is 5.78. The third-order valence-electron chi connectivity index (χ3n) is 5.27. The van der Waals surface area contributed by atoms with E-state index in [2.05, 4.69) is 27.1 Å². The number of hydrogen-bond acceptors (Lipinski definition) is 4. The lowest BCUT2D eigenvalue weighted by Crippen LogP contribution is -2.56.